The Labute approximate surface area is 105 Å². The van der Waals surface area contributed by atoms with Gasteiger partial charge in [-0.1, -0.05) is 13.0 Å². The summed E-state index contributed by atoms with van der Waals surface area (Å²) in [5.74, 6) is 0.469. The molecule has 17 heavy (non-hydrogen) atoms. The molecule has 2 aromatic heterocycles. The Morgan fingerprint density at radius 2 is 2.18 bits per heavy atom. The van der Waals surface area contributed by atoms with Crippen molar-refractivity contribution < 1.29 is 9.52 Å². The molecule has 0 spiro atoms. The molecule has 1 unspecified atom stereocenters. The van der Waals surface area contributed by atoms with Gasteiger partial charge < -0.3 is 9.52 Å². The summed E-state index contributed by atoms with van der Waals surface area (Å²) in [6, 6.07) is 7.23. The number of hydrogen-bond donors (Lipinski definition) is 1. The van der Waals surface area contributed by atoms with Crippen LogP contribution in [0.3, 0.4) is 0 Å². The molecule has 0 saturated carbocycles. The Balaban J connectivity index is 2.04. The third-order valence-electron chi connectivity index (χ3n) is 2.62. The van der Waals surface area contributed by atoms with Crippen LogP contribution >= 0.6 is 11.6 Å². The van der Waals surface area contributed by atoms with Crippen LogP contribution in [0.4, 0.5) is 0 Å². The number of furan rings is 1. The van der Waals surface area contributed by atoms with Gasteiger partial charge in [-0.15, -0.1) is 0 Å². The molecular weight excluding hydrogens is 238 g/mol. The fraction of sp³-hybridized carbons (Fsp3) is 0.308. The molecule has 90 valence electrons. The predicted molar refractivity (Wildman–Crippen MR) is 66.0 cm³/mol. The molecule has 0 saturated heterocycles. The SMILES string of the molecule is CCc1ccc(CC(O)c2ccc(Cl)o2)nc1. The van der Waals surface area contributed by atoms with Gasteiger partial charge in [0, 0.05) is 18.3 Å². The van der Waals surface area contributed by atoms with E-state index in [1.807, 2.05) is 18.3 Å². The topological polar surface area (TPSA) is 46.3 Å². The van der Waals surface area contributed by atoms with Crippen molar-refractivity contribution in [3.63, 3.8) is 0 Å². The molecule has 1 N–H and O–H groups in total. The Hall–Kier alpha value is -1.32. The van der Waals surface area contributed by atoms with Gasteiger partial charge in [0.2, 0.25) is 0 Å². The molecule has 2 aromatic rings. The van der Waals surface area contributed by atoms with Crippen LogP contribution in [0.5, 0.6) is 0 Å². The fourth-order valence-corrected chi connectivity index (χ4v) is 1.74. The Kier molecular flexibility index (Phi) is 3.82. The first-order chi connectivity index (χ1) is 8.19. The van der Waals surface area contributed by atoms with Gasteiger partial charge >= 0.3 is 0 Å². The van der Waals surface area contributed by atoms with Crippen molar-refractivity contribution in [1.29, 1.82) is 0 Å². The number of pyridine rings is 1. The van der Waals surface area contributed by atoms with Gasteiger partial charge in [0.1, 0.15) is 11.9 Å². The lowest BCUT2D eigenvalue weighted by Crippen LogP contribution is -2.02. The van der Waals surface area contributed by atoms with Gasteiger partial charge in [0.25, 0.3) is 0 Å². The number of nitrogens with zero attached hydrogens (tertiary/aromatic N) is 1. The number of aliphatic hydroxyl groups excluding tert-OH is 1. The van der Waals surface area contributed by atoms with Gasteiger partial charge in [0.15, 0.2) is 5.22 Å². The highest BCUT2D eigenvalue weighted by molar-refractivity contribution is 6.28. The summed E-state index contributed by atoms with van der Waals surface area (Å²) in [5, 5.41) is 10.2. The lowest BCUT2D eigenvalue weighted by atomic mass is 10.1. The molecule has 2 rings (SSSR count). The summed E-state index contributed by atoms with van der Waals surface area (Å²) in [6.07, 6.45) is 2.51. The number of aliphatic hydroxyl groups is 1. The molecule has 4 heteroatoms. The standard InChI is InChI=1S/C13H14ClNO2/c1-2-9-3-4-10(15-8-9)7-11(16)12-5-6-13(14)17-12/h3-6,8,11,16H,2,7H2,1H3. The van der Waals surface area contributed by atoms with Crippen molar-refractivity contribution >= 4 is 11.6 Å². The lowest BCUT2D eigenvalue weighted by Gasteiger charge is -2.07. The smallest absolute Gasteiger partial charge is 0.193 e. The van der Waals surface area contributed by atoms with E-state index in [1.54, 1.807) is 12.1 Å². The maximum Gasteiger partial charge on any atom is 0.193 e. The van der Waals surface area contributed by atoms with E-state index in [1.165, 1.54) is 5.56 Å². The molecule has 0 aromatic carbocycles. The minimum atomic E-state index is -0.706. The average Bonchev–Trinajstić information content (AvgIpc) is 2.77. The van der Waals surface area contributed by atoms with Crippen LogP contribution in [0.1, 0.15) is 30.0 Å². The third-order valence-corrected chi connectivity index (χ3v) is 2.82. The minimum Gasteiger partial charge on any atom is -0.447 e. The summed E-state index contributed by atoms with van der Waals surface area (Å²) >= 11 is 5.65. The second kappa shape index (κ2) is 5.34. The van der Waals surface area contributed by atoms with Gasteiger partial charge in [0.05, 0.1) is 0 Å². The highest BCUT2D eigenvalue weighted by Crippen LogP contribution is 2.22. The first-order valence-corrected chi connectivity index (χ1v) is 5.94. The molecule has 0 aliphatic rings. The van der Waals surface area contributed by atoms with Gasteiger partial charge in [-0.05, 0) is 41.8 Å². The van der Waals surface area contributed by atoms with Crippen LogP contribution in [0.15, 0.2) is 34.9 Å². The molecule has 0 amide bonds. The van der Waals surface area contributed by atoms with Gasteiger partial charge in [-0.2, -0.15) is 0 Å². The number of halogens is 1. The summed E-state index contributed by atoms with van der Waals surface area (Å²) < 4.78 is 5.15. The Morgan fingerprint density at radius 1 is 1.35 bits per heavy atom. The van der Waals surface area contributed by atoms with Gasteiger partial charge in [-0.25, -0.2) is 0 Å². The number of hydrogen-bond acceptors (Lipinski definition) is 3. The van der Waals surface area contributed by atoms with Crippen LogP contribution in [0.25, 0.3) is 0 Å². The Bertz CT molecular complexity index is 478. The second-order valence-corrected chi connectivity index (χ2v) is 4.25. The van der Waals surface area contributed by atoms with Crippen LogP contribution < -0.4 is 0 Å². The molecule has 3 nitrogen and oxygen atoms in total. The zero-order valence-electron chi connectivity index (χ0n) is 9.56. The minimum absolute atomic E-state index is 0.286. The summed E-state index contributed by atoms with van der Waals surface area (Å²) in [4.78, 5) is 4.29. The number of aryl methyl sites for hydroxylation is 1. The number of aromatic nitrogens is 1. The molecular formula is C13H14ClNO2. The molecule has 2 heterocycles. The van der Waals surface area contributed by atoms with E-state index in [0.29, 0.717) is 12.2 Å². The second-order valence-electron chi connectivity index (χ2n) is 3.87. The van der Waals surface area contributed by atoms with Crippen molar-refractivity contribution in [3.8, 4) is 0 Å². The largest absolute Gasteiger partial charge is 0.447 e. The summed E-state index contributed by atoms with van der Waals surface area (Å²) in [7, 11) is 0. The molecule has 0 radical (unpaired) electrons. The van der Waals surface area contributed by atoms with E-state index in [4.69, 9.17) is 16.0 Å². The van der Waals surface area contributed by atoms with Crippen LogP contribution in [-0.4, -0.2) is 10.1 Å². The van der Waals surface area contributed by atoms with E-state index < -0.39 is 6.10 Å². The predicted octanol–water partition coefficient (Wildman–Crippen LogP) is 3.17. The average molecular weight is 252 g/mol. The summed E-state index contributed by atoms with van der Waals surface area (Å²) in [6.45, 7) is 2.08. The van der Waals surface area contributed by atoms with Crippen molar-refractivity contribution in [1.82, 2.24) is 4.98 Å². The van der Waals surface area contributed by atoms with Crippen molar-refractivity contribution in [2.45, 2.75) is 25.9 Å². The molecule has 0 bridgehead atoms. The maximum atomic E-state index is 9.92. The van der Waals surface area contributed by atoms with Gasteiger partial charge in [-0.3, -0.25) is 4.98 Å². The molecule has 1 atom stereocenters. The van der Waals surface area contributed by atoms with Crippen molar-refractivity contribution in [3.05, 3.63) is 52.7 Å². The Morgan fingerprint density at radius 3 is 2.71 bits per heavy atom. The summed E-state index contributed by atoms with van der Waals surface area (Å²) in [5.41, 5.74) is 2.02. The van der Waals surface area contributed by atoms with E-state index >= 15 is 0 Å². The van der Waals surface area contributed by atoms with E-state index in [0.717, 1.165) is 12.1 Å². The van der Waals surface area contributed by atoms with Crippen LogP contribution in [-0.2, 0) is 12.8 Å². The molecule has 0 aliphatic heterocycles. The fourth-order valence-electron chi connectivity index (χ4n) is 1.59. The molecule has 0 aliphatic carbocycles. The number of rotatable bonds is 4. The first-order valence-electron chi connectivity index (χ1n) is 5.56. The first kappa shape index (κ1) is 12.1. The molecule has 0 fully saturated rings. The monoisotopic (exact) mass is 251 g/mol. The highest BCUT2D eigenvalue weighted by Gasteiger charge is 2.13. The van der Waals surface area contributed by atoms with E-state index in [9.17, 15) is 5.11 Å². The highest BCUT2D eigenvalue weighted by atomic mass is 35.5. The maximum absolute atomic E-state index is 9.92. The third kappa shape index (κ3) is 3.08. The lowest BCUT2D eigenvalue weighted by molar-refractivity contribution is 0.149. The van der Waals surface area contributed by atoms with Crippen molar-refractivity contribution in [2.75, 3.05) is 0 Å². The zero-order chi connectivity index (χ0) is 12.3. The van der Waals surface area contributed by atoms with E-state index in [-0.39, 0.29) is 5.22 Å². The quantitative estimate of drug-likeness (QED) is 0.908. The normalized spacial score (nSPS) is 12.6. The van der Waals surface area contributed by atoms with Crippen LogP contribution in [0, 0.1) is 0 Å². The zero-order valence-corrected chi connectivity index (χ0v) is 10.3. The van der Waals surface area contributed by atoms with Crippen molar-refractivity contribution in [2.24, 2.45) is 0 Å². The van der Waals surface area contributed by atoms with Crippen LogP contribution in [0.2, 0.25) is 5.22 Å². The van der Waals surface area contributed by atoms with E-state index in [2.05, 4.69) is 11.9 Å².